The molecule has 0 radical (unpaired) electrons. The molecule has 0 bridgehead atoms. The Morgan fingerprint density at radius 3 is 3.06 bits per heavy atom. The predicted octanol–water partition coefficient (Wildman–Crippen LogP) is 1.33. The van der Waals surface area contributed by atoms with Gasteiger partial charge < -0.3 is 10.2 Å². The molecule has 0 aliphatic carbocycles. The maximum absolute atomic E-state index is 10.4. The van der Waals surface area contributed by atoms with E-state index in [1.165, 1.54) is 0 Å². The summed E-state index contributed by atoms with van der Waals surface area (Å²) in [7, 11) is 0. The molecule has 0 amide bonds. The summed E-state index contributed by atoms with van der Waals surface area (Å²) in [5.74, 6) is 0.495. The summed E-state index contributed by atoms with van der Waals surface area (Å²) in [5, 5.41) is 13.4. The van der Waals surface area contributed by atoms with Gasteiger partial charge in [0.25, 0.3) is 6.20 Å². The Hall–Kier alpha value is -1.63. The van der Waals surface area contributed by atoms with Crippen LogP contribution in [0.3, 0.4) is 0 Å². The fraction of sp³-hybridized carbons (Fsp3) is 0.222. The van der Waals surface area contributed by atoms with Crippen LogP contribution in [0.5, 0.6) is 0 Å². The molecule has 1 aliphatic heterocycles. The highest BCUT2D eigenvalue weighted by atomic mass is 79.9. The van der Waals surface area contributed by atoms with Crippen LogP contribution in [0.4, 0.5) is 5.69 Å². The first-order valence-corrected chi connectivity index (χ1v) is 5.44. The summed E-state index contributed by atoms with van der Waals surface area (Å²) in [6, 6.07) is 3.66. The fourth-order valence-electron chi connectivity index (χ4n) is 1.52. The van der Waals surface area contributed by atoms with E-state index in [0.717, 1.165) is 16.5 Å². The van der Waals surface area contributed by atoms with Gasteiger partial charge in [0.2, 0.25) is 0 Å². The molecule has 16 heavy (non-hydrogen) atoms. The number of halogens is 1. The summed E-state index contributed by atoms with van der Waals surface area (Å²) in [5.41, 5.74) is 0.835. The monoisotopic (exact) mass is 284 g/mol. The standard InChI is InChI=1S/C9H9BrN4O2/c10-8-2-1-7(5-12-8)13-4-3-11-9(13)6-14(15)16/h1-2,5-6,11H,3-4H2. The van der Waals surface area contributed by atoms with Gasteiger partial charge >= 0.3 is 0 Å². The van der Waals surface area contributed by atoms with Gasteiger partial charge in [-0.2, -0.15) is 0 Å². The first kappa shape index (κ1) is 10.9. The Morgan fingerprint density at radius 2 is 2.44 bits per heavy atom. The van der Waals surface area contributed by atoms with Crippen LogP contribution in [0.2, 0.25) is 0 Å². The van der Waals surface area contributed by atoms with Crippen LogP contribution in [0, 0.1) is 10.1 Å². The molecule has 2 heterocycles. The molecule has 0 aromatic carbocycles. The van der Waals surface area contributed by atoms with E-state index in [9.17, 15) is 10.1 Å². The van der Waals surface area contributed by atoms with Crippen molar-refractivity contribution in [3.05, 3.63) is 45.1 Å². The van der Waals surface area contributed by atoms with Gasteiger partial charge in [-0.15, -0.1) is 0 Å². The van der Waals surface area contributed by atoms with E-state index in [4.69, 9.17) is 0 Å². The normalized spacial score (nSPS) is 17.6. The Labute approximate surface area is 100 Å². The number of hydrogen-bond donors (Lipinski definition) is 1. The molecule has 0 unspecified atom stereocenters. The second-order valence-corrected chi connectivity index (χ2v) is 4.03. The highest BCUT2D eigenvalue weighted by Gasteiger charge is 2.20. The van der Waals surface area contributed by atoms with Gasteiger partial charge in [-0.05, 0) is 28.1 Å². The van der Waals surface area contributed by atoms with E-state index in [-0.39, 0.29) is 0 Å². The summed E-state index contributed by atoms with van der Waals surface area (Å²) in [4.78, 5) is 15.9. The van der Waals surface area contributed by atoms with Crippen molar-refractivity contribution >= 4 is 21.6 Å². The number of rotatable bonds is 2. The topological polar surface area (TPSA) is 71.3 Å². The van der Waals surface area contributed by atoms with Crippen molar-refractivity contribution < 1.29 is 4.92 Å². The second-order valence-electron chi connectivity index (χ2n) is 3.22. The molecule has 1 fully saturated rings. The van der Waals surface area contributed by atoms with Gasteiger partial charge in [0.1, 0.15) is 4.60 Å². The Kier molecular flexibility index (Phi) is 3.04. The van der Waals surface area contributed by atoms with Crippen molar-refractivity contribution in [3.63, 3.8) is 0 Å². The highest BCUT2D eigenvalue weighted by Crippen LogP contribution is 2.21. The van der Waals surface area contributed by atoms with Gasteiger partial charge in [-0.25, -0.2) is 4.98 Å². The van der Waals surface area contributed by atoms with Crippen molar-refractivity contribution in [1.82, 2.24) is 10.3 Å². The van der Waals surface area contributed by atoms with Crippen LogP contribution in [0.15, 0.2) is 35.0 Å². The first-order valence-electron chi connectivity index (χ1n) is 4.65. The van der Waals surface area contributed by atoms with Crippen LogP contribution in [-0.2, 0) is 0 Å². The zero-order chi connectivity index (χ0) is 11.5. The summed E-state index contributed by atoms with van der Waals surface area (Å²) in [6.07, 6.45) is 2.64. The largest absolute Gasteiger partial charge is 0.365 e. The third-order valence-electron chi connectivity index (χ3n) is 2.18. The average Bonchev–Trinajstić information content (AvgIpc) is 2.66. The molecule has 2 rings (SSSR count). The summed E-state index contributed by atoms with van der Waals surface area (Å²) < 4.78 is 0.739. The smallest absolute Gasteiger partial charge is 0.274 e. The fourth-order valence-corrected chi connectivity index (χ4v) is 1.76. The van der Waals surface area contributed by atoms with Crippen molar-refractivity contribution in [2.24, 2.45) is 0 Å². The quantitative estimate of drug-likeness (QED) is 0.504. The number of anilines is 1. The number of nitrogens with zero attached hydrogens (tertiary/aromatic N) is 3. The molecular formula is C9H9BrN4O2. The molecule has 1 aliphatic rings. The Morgan fingerprint density at radius 1 is 1.62 bits per heavy atom. The molecule has 0 saturated carbocycles. The van der Waals surface area contributed by atoms with Gasteiger partial charge in [0.05, 0.1) is 16.8 Å². The molecule has 1 N–H and O–H groups in total. The van der Waals surface area contributed by atoms with Crippen molar-refractivity contribution in [1.29, 1.82) is 0 Å². The van der Waals surface area contributed by atoms with Gasteiger partial charge in [0.15, 0.2) is 5.82 Å². The van der Waals surface area contributed by atoms with Crippen LogP contribution in [0.1, 0.15) is 0 Å². The molecule has 6 nitrogen and oxygen atoms in total. The van der Waals surface area contributed by atoms with Gasteiger partial charge in [-0.1, -0.05) is 0 Å². The van der Waals surface area contributed by atoms with Crippen LogP contribution >= 0.6 is 15.9 Å². The van der Waals surface area contributed by atoms with Gasteiger partial charge in [-0.3, -0.25) is 10.1 Å². The van der Waals surface area contributed by atoms with Crippen molar-refractivity contribution in [2.75, 3.05) is 18.0 Å². The minimum absolute atomic E-state index is 0.465. The van der Waals surface area contributed by atoms with E-state index >= 15 is 0 Å². The minimum atomic E-state index is -0.465. The Bertz CT molecular complexity index is 432. The number of pyridine rings is 1. The SMILES string of the molecule is O=[N+]([O-])C=C1NCCN1c1ccc(Br)nc1. The highest BCUT2D eigenvalue weighted by molar-refractivity contribution is 9.10. The zero-order valence-electron chi connectivity index (χ0n) is 8.26. The van der Waals surface area contributed by atoms with E-state index < -0.39 is 4.92 Å². The average molecular weight is 285 g/mol. The van der Waals surface area contributed by atoms with Crippen LogP contribution in [-0.4, -0.2) is 23.0 Å². The number of nitro groups is 1. The Balaban J connectivity index is 2.26. The lowest BCUT2D eigenvalue weighted by molar-refractivity contribution is -0.403. The molecule has 7 heteroatoms. The number of hydrogen-bond acceptors (Lipinski definition) is 5. The lowest BCUT2D eigenvalue weighted by Gasteiger charge is -2.16. The second kappa shape index (κ2) is 4.48. The summed E-state index contributed by atoms with van der Waals surface area (Å²) >= 11 is 3.24. The lowest BCUT2D eigenvalue weighted by Crippen LogP contribution is -2.20. The predicted molar refractivity (Wildman–Crippen MR) is 62.4 cm³/mol. The van der Waals surface area contributed by atoms with Gasteiger partial charge in [0, 0.05) is 13.1 Å². The van der Waals surface area contributed by atoms with E-state index in [2.05, 4.69) is 26.2 Å². The van der Waals surface area contributed by atoms with E-state index in [1.807, 2.05) is 11.0 Å². The molecule has 1 aromatic heterocycles. The minimum Gasteiger partial charge on any atom is -0.365 e. The van der Waals surface area contributed by atoms with Crippen molar-refractivity contribution in [3.8, 4) is 0 Å². The lowest BCUT2D eigenvalue weighted by atomic mass is 10.4. The molecule has 1 aromatic rings. The molecule has 0 atom stereocenters. The maximum atomic E-state index is 10.4. The van der Waals surface area contributed by atoms with E-state index in [1.54, 1.807) is 12.3 Å². The third-order valence-corrected chi connectivity index (χ3v) is 2.65. The van der Waals surface area contributed by atoms with E-state index in [0.29, 0.717) is 18.9 Å². The third kappa shape index (κ3) is 2.30. The number of nitrogens with one attached hydrogen (secondary N) is 1. The molecule has 0 spiro atoms. The molecule has 84 valence electrons. The molecule has 1 saturated heterocycles. The van der Waals surface area contributed by atoms with Crippen LogP contribution in [0.25, 0.3) is 0 Å². The first-order chi connectivity index (χ1) is 7.66. The maximum Gasteiger partial charge on any atom is 0.274 e. The molecular weight excluding hydrogens is 276 g/mol. The zero-order valence-corrected chi connectivity index (χ0v) is 9.85. The van der Waals surface area contributed by atoms with Crippen LogP contribution < -0.4 is 10.2 Å². The summed E-state index contributed by atoms with van der Waals surface area (Å²) in [6.45, 7) is 1.39. The number of aromatic nitrogens is 1. The van der Waals surface area contributed by atoms with Crippen molar-refractivity contribution in [2.45, 2.75) is 0 Å².